The molecule has 0 aromatic heterocycles. The molecular formula is C13H20N2O2. The van der Waals surface area contributed by atoms with Crippen LogP contribution >= 0.6 is 0 Å². The van der Waals surface area contributed by atoms with E-state index in [4.69, 9.17) is 10.5 Å². The zero-order valence-electron chi connectivity index (χ0n) is 10.4. The second kappa shape index (κ2) is 6.91. The molecule has 1 aromatic rings. The molecule has 1 aromatic carbocycles. The van der Waals surface area contributed by atoms with Crippen LogP contribution in [0.5, 0.6) is 5.75 Å². The molecule has 17 heavy (non-hydrogen) atoms. The Bertz CT molecular complexity index is 349. The number of ether oxygens (including phenoxy) is 1. The van der Waals surface area contributed by atoms with E-state index in [1.54, 1.807) is 7.11 Å². The molecule has 1 rings (SSSR count). The number of methoxy groups -OCH3 is 1. The lowest BCUT2D eigenvalue weighted by Gasteiger charge is -2.17. The third-order valence-corrected chi connectivity index (χ3v) is 2.69. The minimum absolute atomic E-state index is 0.250. The quantitative estimate of drug-likeness (QED) is 0.756. The van der Waals surface area contributed by atoms with Crippen LogP contribution in [0.4, 0.5) is 0 Å². The number of hydrogen-bond acceptors (Lipinski definition) is 3. The molecule has 0 aliphatic carbocycles. The van der Waals surface area contributed by atoms with Gasteiger partial charge in [-0.3, -0.25) is 4.79 Å². The van der Waals surface area contributed by atoms with Crippen LogP contribution in [0.2, 0.25) is 0 Å². The molecule has 1 atom stereocenters. The fourth-order valence-electron chi connectivity index (χ4n) is 1.70. The average molecular weight is 236 g/mol. The van der Waals surface area contributed by atoms with Crippen LogP contribution in [0.3, 0.4) is 0 Å². The Kier molecular flexibility index (Phi) is 5.49. The fourth-order valence-corrected chi connectivity index (χ4v) is 1.70. The topological polar surface area (TPSA) is 64.3 Å². The highest BCUT2D eigenvalue weighted by Gasteiger charge is 2.08. The SMILES string of the molecule is CCC(NCCC(N)=O)c1ccc(OC)cc1. The van der Waals surface area contributed by atoms with Crippen LogP contribution in [0.25, 0.3) is 0 Å². The monoisotopic (exact) mass is 236 g/mol. The molecule has 3 N–H and O–H groups in total. The predicted molar refractivity (Wildman–Crippen MR) is 67.8 cm³/mol. The summed E-state index contributed by atoms with van der Waals surface area (Å²) in [6, 6.07) is 8.19. The fraction of sp³-hybridized carbons (Fsp3) is 0.462. The predicted octanol–water partition coefficient (Wildman–Crippen LogP) is 1.61. The van der Waals surface area contributed by atoms with Gasteiger partial charge in [0.05, 0.1) is 7.11 Å². The smallest absolute Gasteiger partial charge is 0.218 e. The summed E-state index contributed by atoms with van der Waals surface area (Å²) >= 11 is 0. The van der Waals surface area contributed by atoms with E-state index >= 15 is 0 Å². The zero-order chi connectivity index (χ0) is 12.7. The van der Waals surface area contributed by atoms with Gasteiger partial charge in [0.1, 0.15) is 5.75 Å². The van der Waals surface area contributed by atoms with Crippen molar-refractivity contribution in [2.45, 2.75) is 25.8 Å². The largest absolute Gasteiger partial charge is 0.497 e. The highest BCUT2D eigenvalue weighted by Crippen LogP contribution is 2.19. The van der Waals surface area contributed by atoms with Crippen LogP contribution < -0.4 is 15.8 Å². The third-order valence-electron chi connectivity index (χ3n) is 2.69. The maximum atomic E-state index is 10.7. The number of nitrogens with one attached hydrogen (secondary N) is 1. The van der Waals surface area contributed by atoms with Crippen molar-refractivity contribution < 1.29 is 9.53 Å². The van der Waals surface area contributed by atoms with Gasteiger partial charge in [0.2, 0.25) is 5.91 Å². The van der Waals surface area contributed by atoms with Crippen molar-refractivity contribution in [2.24, 2.45) is 5.73 Å². The van der Waals surface area contributed by atoms with Crippen molar-refractivity contribution in [3.05, 3.63) is 29.8 Å². The maximum absolute atomic E-state index is 10.7. The molecular weight excluding hydrogens is 216 g/mol. The van der Waals surface area contributed by atoms with Crippen LogP contribution in [0, 0.1) is 0 Å². The summed E-state index contributed by atoms with van der Waals surface area (Å²) in [6.07, 6.45) is 1.33. The van der Waals surface area contributed by atoms with Crippen molar-refractivity contribution in [1.29, 1.82) is 0 Å². The first-order valence-corrected chi connectivity index (χ1v) is 5.83. The minimum Gasteiger partial charge on any atom is -0.497 e. The molecule has 0 saturated carbocycles. The lowest BCUT2D eigenvalue weighted by atomic mass is 10.0. The number of nitrogens with two attached hydrogens (primary N) is 1. The molecule has 4 nitrogen and oxygen atoms in total. The first kappa shape index (κ1) is 13.5. The van der Waals surface area contributed by atoms with E-state index < -0.39 is 0 Å². The Hall–Kier alpha value is -1.55. The standard InChI is InChI=1S/C13H20N2O2/c1-3-12(15-9-8-13(14)16)10-4-6-11(17-2)7-5-10/h4-7,12,15H,3,8-9H2,1-2H3,(H2,14,16). The molecule has 0 aliphatic rings. The Balaban J connectivity index is 2.56. The van der Waals surface area contributed by atoms with Crippen LogP contribution in [-0.2, 0) is 4.79 Å². The lowest BCUT2D eigenvalue weighted by molar-refractivity contribution is -0.117. The van der Waals surface area contributed by atoms with Gasteiger partial charge >= 0.3 is 0 Å². The second-order valence-electron chi connectivity index (χ2n) is 3.90. The van der Waals surface area contributed by atoms with Gasteiger partial charge in [0.15, 0.2) is 0 Å². The second-order valence-corrected chi connectivity index (χ2v) is 3.90. The van der Waals surface area contributed by atoms with E-state index in [2.05, 4.69) is 12.2 Å². The van der Waals surface area contributed by atoms with Gasteiger partial charge in [-0.15, -0.1) is 0 Å². The number of amides is 1. The van der Waals surface area contributed by atoms with E-state index in [0.717, 1.165) is 12.2 Å². The first-order valence-electron chi connectivity index (χ1n) is 5.83. The minimum atomic E-state index is -0.276. The molecule has 0 radical (unpaired) electrons. The van der Waals surface area contributed by atoms with Crippen molar-refractivity contribution in [3.8, 4) is 5.75 Å². The van der Waals surface area contributed by atoms with Gasteiger partial charge < -0.3 is 15.8 Å². The average Bonchev–Trinajstić information content (AvgIpc) is 2.34. The van der Waals surface area contributed by atoms with Crippen molar-refractivity contribution in [1.82, 2.24) is 5.32 Å². The molecule has 0 saturated heterocycles. The summed E-state index contributed by atoms with van der Waals surface area (Å²) in [5, 5.41) is 3.31. The number of carbonyl (C=O) groups excluding carboxylic acids is 1. The Morgan fingerprint density at radius 3 is 2.53 bits per heavy atom. The summed E-state index contributed by atoms with van der Waals surface area (Å²) in [5.41, 5.74) is 6.29. The Morgan fingerprint density at radius 2 is 2.06 bits per heavy atom. The normalized spacial score (nSPS) is 12.1. The van der Waals surface area contributed by atoms with Gasteiger partial charge in [-0.25, -0.2) is 0 Å². The number of carbonyl (C=O) groups is 1. The zero-order valence-corrected chi connectivity index (χ0v) is 10.4. The Morgan fingerprint density at radius 1 is 1.41 bits per heavy atom. The molecule has 0 heterocycles. The van der Waals surface area contributed by atoms with E-state index in [-0.39, 0.29) is 11.9 Å². The lowest BCUT2D eigenvalue weighted by Crippen LogP contribution is -2.25. The number of benzene rings is 1. The van der Waals surface area contributed by atoms with E-state index in [1.165, 1.54) is 5.56 Å². The highest BCUT2D eigenvalue weighted by molar-refractivity contribution is 5.73. The third kappa shape index (κ3) is 4.44. The Labute approximate surface area is 102 Å². The van der Waals surface area contributed by atoms with Crippen LogP contribution in [0.15, 0.2) is 24.3 Å². The number of hydrogen-bond donors (Lipinski definition) is 2. The number of rotatable bonds is 7. The van der Waals surface area contributed by atoms with Crippen molar-refractivity contribution in [2.75, 3.05) is 13.7 Å². The van der Waals surface area contributed by atoms with Crippen molar-refractivity contribution in [3.63, 3.8) is 0 Å². The summed E-state index contributed by atoms with van der Waals surface area (Å²) in [7, 11) is 1.65. The number of primary amides is 1. The van der Waals surface area contributed by atoms with Crippen LogP contribution in [0.1, 0.15) is 31.4 Å². The highest BCUT2D eigenvalue weighted by atomic mass is 16.5. The summed E-state index contributed by atoms with van der Waals surface area (Å²) in [5.74, 6) is 0.572. The van der Waals surface area contributed by atoms with Gasteiger partial charge in [0, 0.05) is 19.0 Å². The molecule has 0 bridgehead atoms. The van der Waals surface area contributed by atoms with Gasteiger partial charge in [-0.1, -0.05) is 19.1 Å². The molecule has 94 valence electrons. The van der Waals surface area contributed by atoms with E-state index in [0.29, 0.717) is 13.0 Å². The molecule has 1 unspecified atom stereocenters. The summed E-state index contributed by atoms with van der Waals surface area (Å²) in [6.45, 7) is 2.71. The van der Waals surface area contributed by atoms with Gasteiger partial charge in [0.25, 0.3) is 0 Å². The first-order chi connectivity index (χ1) is 8.17. The van der Waals surface area contributed by atoms with E-state index in [1.807, 2.05) is 24.3 Å². The molecule has 0 fully saturated rings. The molecule has 1 amide bonds. The van der Waals surface area contributed by atoms with Gasteiger partial charge in [-0.05, 0) is 24.1 Å². The van der Waals surface area contributed by atoms with Gasteiger partial charge in [-0.2, -0.15) is 0 Å². The van der Waals surface area contributed by atoms with Crippen LogP contribution in [-0.4, -0.2) is 19.6 Å². The van der Waals surface area contributed by atoms with Crippen molar-refractivity contribution >= 4 is 5.91 Å². The molecule has 4 heteroatoms. The molecule has 0 spiro atoms. The maximum Gasteiger partial charge on any atom is 0.218 e. The van der Waals surface area contributed by atoms with E-state index in [9.17, 15) is 4.79 Å². The summed E-state index contributed by atoms with van der Waals surface area (Å²) in [4.78, 5) is 10.7. The summed E-state index contributed by atoms with van der Waals surface area (Å²) < 4.78 is 5.11. The molecule has 0 aliphatic heterocycles.